The van der Waals surface area contributed by atoms with Crippen LogP contribution in [0.15, 0.2) is 42.6 Å². The number of benzene rings is 1. The van der Waals surface area contributed by atoms with Crippen LogP contribution in [0.2, 0.25) is 0 Å². The van der Waals surface area contributed by atoms with Gasteiger partial charge in [-0.05, 0) is 30.3 Å². The van der Waals surface area contributed by atoms with Crippen LogP contribution in [0.1, 0.15) is 5.69 Å². The van der Waals surface area contributed by atoms with Crippen LogP contribution >= 0.6 is 11.3 Å². The Hall–Kier alpha value is -2.14. The zero-order valence-electron chi connectivity index (χ0n) is 10.3. The molecule has 0 amide bonds. The van der Waals surface area contributed by atoms with E-state index in [4.69, 9.17) is 5.73 Å². The molecule has 0 unspecified atom stereocenters. The summed E-state index contributed by atoms with van der Waals surface area (Å²) in [5, 5.41) is 4.26. The predicted octanol–water partition coefficient (Wildman–Crippen LogP) is 2.93. The average molecular weight is 270 g/mol. The first-order valence-corrected chi connectivity index (χ1v) is 6.93. The molecule has 0 saturated carbocycles. The minimum Gasteiger partial charge on any atom is -0.399 e. The molecule has 0 radical (unpaired) electrons. The van der Waals surface area contributed by atoms with Gasteiger partial charge in [-0.15, -0.1) is 0 Å². The Morgan fingerprint density at radius 3 is 3.00 bits per heavy atom. The van der Waals surface area contributed by atoms with Crippen molar-refractivity contribution in [3.63, 3.8) is 0 Å². The number of nitrogen functional groups attached to an aromatic ring is 1. The maximum Gasteiger partial charge on any atom is 0.183 e. The highest BCUT2D eigenvalue weighted by Gasteiger charge is 2.03. The Labute approximate surface area is 115 Å². The van der Waals surface area contributed by atoms with Gasteiger partial charge in [0, 0.05) is 30.5 Å². The van der Waals surface area contributed by atoms with Gasteiger partial charge in [-0.2, -0.15) is 0 Å². The quantitative estimate of drug-likeness (QED) is 0.715. The van der Waals surface area contributed by atoms with E-state index in [9.17, 15) is 0 Å². The summed E-state index contributed by atoms with van der Waals surface area (Å²) in [5.74, 6) is 0. The highest BCUT2D eigenvalue weighted by atomic mass is 32.1. The van der Waals surface area contributed by atoms with Crippen molar-refractivity contribution in [3.8, 4) is 0 Å². The highest BCUT2D eigenvalue weighted by molar-refractivity contribution is 7.22. The number of hydrogen-bond donors (Lipinski definition) is 2. The van der Waals surface area contributed by atoms with Gasteiger partial charge in [0.15, 0.2) is 5.13 Å². The van der Waals surface area contributed by atoms with Crippen molar-refractivity contribution in [1.82, 2.24) is 9.97 Å². The Morgan fingerprint density at radius 1 is 1.21 bits per heavy atom. The number of fused-ring (bicyclic) bond motifs is 1. The predicted molar refractivity (Wildman–Crippen MR) is 80.5 cm³/mol. The molecular formula is C14H14N4S. The third kappa shape index (κ3) is 2.82. The van der Waals surface area contributed by atoms with Gasteiger partial charge in [-0.25, -0.2) is 4.98 Å². The summed E-state index contributed by atoms with van der Waals surface area (Å²) in [4.78, 5) is 8.81. The molecule has 0 fully saturated rings. The van der Waals surface area contributed by atoms with Gasteiger partial charge >= 0.3 is 0 Å². The maximum absolute atomic E-state index is 5.76. The number of anilines is 2. The topological polar surface area (TPSA) is 63.8 Å². The summed E-state index contributed by atoms with van der Waals surface area (Å²) in [6.07, 6.45) is 2.70. The molecular weight excluding hydrogens is 256 g/mol. The Kier molecular flexibility index (Phi) is 3.29. The van der Waals surface area contributed by atoms with Crippen LogP contribution in [0.4, 0.5) is 10.8 Å². The molecule has 0 atom stereocenters. The van der Waals surface area contributed by atoms with Gasteiger partial charge in [0.05, 0.1) is 10.2 Å². The molecule has 0 saturated heterocycles. The summed E-state index contributed by atoms with van der Waals surface area (Å²) < 4.78 is 1.11. The second-order valence-corrected chi connectivity index (χ2v) is 5.27. The fraction of sp³-hybridized carbons (Fsp3) is 0.143. The molecule has 0 aliphatic heterocycles. The normalized spacial score (nSPS) is 10.7. The highest BCUT2D eigenvalue weighted by Crippen LogP contribution is 2.27. The third-order valence-electron chi connectivity index (χ3n) is 2.80. The van der Waals surface area contributed by atoms with Crippen LogP contribution in [0, 0.1) is 0 Å². The molecule has 1 aromatic carbocycles. The van der Waals surface area contributed by atoms with E-state index in [1.54, 1.807) is 11.3 Å². The Bertz CT molecular complexity index is 678. The molecule has 2 aromatic heterocycles. The van der Waals surface area contributed by atoms with Crippen molar-refractivity contribution in [2.24, 2.45) is 0 Å². The molecule has 4 nitrogen and oxygen atoms in total. The van der Waals surface area contributed by atoms with Crippen molar-refractivity contribution in [3.05, 3.63) is 48.3 Å². The lowest BCUT2D eigenvalue weighted by molar-refractivity contribution is 0.960. The number of nitrogens with two attached hydrogens (primary N) is 1. The van der Waals surface area contributed by atoms with E-state index in [2.05, 4.69) is 15.3 Å². The number of aromatic nitrogens is 2. The van der Waals surface area contributed by atoms with Crippen molar-refractivity contribution >= 4 is 32.4 Å². The van der Waals surface area contributed by atoms with Crippen molar-refractivity contribution in [2.75, 3.05) is 17.6 Å². The summed E-state index contributed by atoms with van der Waals surface area (Å²) in [5.41, 5.74) is 8.60. The van der Waals surface area contributed by atoms with Crippen LogP contribution in [-0.2, 0) is 6.42 Å². The molecule has 0 aliphatic rings. The molecule has 0 bridgehead atoms. The second kappa shape index (κ2) is 5.24. The molecule has 96 valence electrons. The molecule has 0 spiro atoms. The lowest BCUT2D eigenvalue weighted by atomic mass is 10.3. The van der Waals surface area contributed by atoms with E-state index < -0.39 is 0 Å². The molecule has 3 N–H and O–H groups in total. The summed E-state index contributed by atoms with van der Waals surface area (Å²) >= 11 is 1.62. The Morgan fingerprint density at radius 2 is 2.16 bits per heavy atom. The number of nitrogens with one attached hydrogen (secondary N) is 1. The monoisotopic (exact) mass is 270 g/mol. The average Bonchev–Trinajstić information content (AvgIpc) is 2.82. The number of nitrogens with zero attached hydrogens (tertiary/aromatic N) is 2. The summed E-state index contributed by atoms with van der Waals surface area (Å²) in [6, 6.07) is 11.7. The van der Waals surface area contributed by atoms with Gasteiger partial charge in [-0.1, -0.05) is 17.4 Å². The number of rotatable bonds is 4. The molecule has 5 heteroatoms. The van der Waals surface area contributed by atoms with Gasteiger partial charge in [0.1, 0.15) is 0 Å². The SMILES string of the molecule is Nc1ccc2nc(NCCc3ccccn3)sc2c1. The van der Waals surface area contributed by atoms with Crippen LogP contribution in [0.3, 0.4) is 0 Å². The summed E-state index contributed by atoms with van der Waals surface area (Å²) in [6.45, 7) is 0.826. The molecule has 0 aliphatic carbocycles. The van der Waals surface area contributed by atoms with Crippen LogP contribution in [0.25, 0.3) is 10.2 Å². The smallest absolute Gasteiger partial charge is 0.183 e. The molecule has 2 heterocycles. The van der Waals surface area contributed by atoms with E-state index in [-0.39, 0.29) is 0 Å². The first kappa shape index (κ1) is 11.9. The fourth-order valence-electron chi connectivity index (χ4n) is 1.86. The summed E-state index contributed by atoms with van der Waals surface area (Å²) in [7, 11) is 0. The van der Waals surface area contributed by atoms with E-state index in [1.807, 2.05) is 42.6 Å². The zero-order valence-corrected chi connectivity index (χ0v) is 11.2. The lowest BCUT2D eigenvalue weighted by Gasteiger charge is -2.01. The van der Waals surface area contributed by atoms with Crippen LogP contribution < -0.4 is 11.1 Å². The minimum absolute atomic E-state index is 0.774. The molecule has 19 heavy (non-hydrogen) atoms. The number of pyridine rings is 1. The van der Waals surface area contributed by atoms with Gasteiger partial charge in [0.25, 0.3) is 0 Å². The lowest BCUT2D eigenvalue weighted by Crippen LogP contribution is -2.05. The van der Waals surface area contributed by atoms with Gasteiger partial charge in [-0.3, -0.25) is 4.98 Å². The first-order valence-electron chi connectivity index (χ1n) is 6.11. The van der Waals surface area contributed by atoms with E-state index in [0.29, 0.717) is 0 Å². The third-order valence-corrected chi connectivity index (χ3v) is 3.77. The van der Waals surface area contributed by atoms with Crippen molar-refractivity contribution in [1.29, 1.82) is 0 Å². The zero-order chi connectivity index (χ0) is 13.1. The number of thiazole rings is 1. The van der Waals surface area contributed by atoms with Gasteiger partial charge in [0.2, 0.25) is 0 Å². The maximum atomic E-state index is 5.76. The van der Waals surface area contributed by atoms with Crippen LogP contribution in [-0.4, -0.2) is 16.5 Å². The molecule has 3 aromatic rings. The van der Waals surface area contributed by atoms with E-state index in [1.165, 1.54) is 0 Å². The first-order chi connectivity index (χ1) is 9.31. The minimum atomic E-state index is 0.774. The second-order valence-electron chi connectivity index (χ2n) is 4.24. The molecule has 3 rings (SSSR count). The van der Waals surface area contributed by atoms with Gasteiger partial charge < -0.3 is 11.1 Å². The van der Waals surface area contributed by atoms with Crippen molar-refractivity contribution in [2.45, 2.75) is 6.42 Å². The number of hydrogen-bond acceptors (Lipinski definition) is 5. The van der Waals surface area contributed by atoms with Crippen molar-refractivity contribution < 1.29 is 0 Å². The largest absolute Gasteiger partial charge is 0.399 e. The van der Waals surface area contributed by atoms with E-state index in [0.717, 1.165) is 39.7 Å². The Balaban J connectivity index is 1.65. The van der Waals surface area contributed by atoms with Crippen LogP contribution in [0.5, 0.6) is 0 Å². The van der Waals surface area contributed by atoms with E-state index >= 15 is 0 Å². The fourth-order valence-corrected chi connectivity index (χ4v) is 2.80. The standard InChI is InChI=1S/C14H14N4S/c15-10-4-5-12-13(9-10)19-14(18-12)17-8-6-11-3-1-2-7-16-11/h1-5,7,9H,6,8,15H2,(H,17,18).